The molecular weight excluding hydrogens is 427 g/mol. The first-order valence-corrected chi connectivity index (χ1v) is 9.67. The van der Waals surface area contributed by atoms with Crippen molar-refractivity contribution < 1.29 is 4.74 Å². The smallest absolute Gasteiger partial charge is 0.349 e. The van der Waals surface area contributed by atoms with Crippen LogP contribution in [0.25, 0.3) is 11.8 Å². The Morgan fingerprint density at radius 2 is 1.93 bits per heavy atom. The van der Waals surface area contributed by atoms with Gasteiger partial charge < -0.3 is 4.74 Å². The maximum Gasteiger partial charge on any atom is 0.349 e. The van der Waals surface area contributed by atoms with Crippen molar-refractivity contribution in [2.75, 3.05) is 0 Å². The quantitative estimate of drug-likeness (QED) is 0.620. The van der Waals surface area contributed by atoms with Crippen LogP contribution in [0.2, 0.25) is 10.0 Å². The van der Waals surface area contributed by atoms with Crippen LogP contribution in [0.1, 0.15) is 30.2 Å². The Hall–Kier alpha value is -3.34. The number of nitrogens with one attached hydrogen (secondary N) is 1. The van der Waals surface area contributed by atoms with Crippen LogP contribution in [0.15, 0.2) is 46.0 Å². The molecule has 30 heavy (non-hydrogen) atoms. The van der Waals surface area contributed by atoms with Crippen molar-refractivity contribution in [1.29, 1.82) is 5.26 Å². The number of halogens is 2. The average Bonchev–Trinajstić information content (AvgIpc) is 2.71. The van der Waals surface area contributed by atoms with Crippen LogP contribution in [0.4, 0.5) is 0 Å². The molecule has 1 aromatic heterocycles. The zero-order valence-corrected chi connectivity index (χ0v) is 17.6. The Labute approximate surface area is 181 Å². The molecule has 3 rings (SSSR count). The van der Waals surface area contributed by atoms with E-state index in [9.17, 15) is 9.59 Å². The zero-order chi connectivity index (χ0) is 21.8. The van der Waals surface area contributed by atoms with Crippen molar-refractivity contribution in [1.82, 2.24) is 14.8 Å². The predicted molar refractivity (Wildman–Crippen MR) is 116 cm³/mol. The fourth-order valence-electron chi connectivity index (χ4n) is 2.64. The summed E-state index contributed by atoms with van der Waals surface area (Å²) in [5.74, 6) is 0.744. The minimum Gasteiger partial charge on any atom is -0.454 e. The molecule has 0 saturated heterocycles. The molecule has 0 aliphatic carbocycles. The molecule has 0 radical (unpaired) electrons. The number of H-pyrrole nitrogens is 1. The van der Waals surface area contributed by atoms with Crippen molar-refractivity contribution in [3.05, 3.63) is 84.1 Å². The van der Waals surface area contributed by atoms with Crippen molar-refractivity contribution in [3.8, 4) is 23.3 Å². The lowest BCUT2D eigenvalue weighted by Gasteiger charge is -2.13. The summed E-state index contributed by atoms with van der Waals surface area (Å²) in [7, 11) is 0. The Balaban J connectivity index is 2.01. The van der Waals surface area contributed by atoms with Crippen LogP contribution in [0, 0.1) is 18.3 Å². The van der Waals surface area contributed by atoms with Crippen molar-refractivity contribution in [3.63, 3.8) is 0 Å². The summed E-state index contributed by atoms with van der Waals surface area (Å²) in [4.78, 5) is 25.6. The van der Waals surface area contributed by atoms with E-state index in [0.717, 1.165) is 22.2 Å². The van der Waals surface area contributed by atoms with Crippen LogP contribution in [-0.4, -0.2) is 14.8 Å². The van der Waals surface area contributed by atoms with Crippen molar-refractivity contribution in [2.45, 2.75) is 20.3 Å². The molecule has 0 spiro atoms. The van der Waals surface area contributed by atoms with Crippen LogP contribution in [-0.2, 0) is 0 Å². The molecular formula is C21H16Cl2N4O3. The molecule has 3 aromatic rings. The highest BCUT2D eigenvalue weighted by Gasteiger charge is 2.15. The normalized spacial score (nSPS) is 10.9. The average molecular weight is 443 g/mol. The number of hydrogen-bond donors (Lipinski definition) is 1. The van der Waals surface area contributed by atoms with Gasteiger partial charge in [-0.15, -0.1) is 5.10 Å². The monoisotopic (exact) mass is 442 g/mol. The summed E-state index contributed by atoms with van der Waals surface area (Å²) in [6, 6.07) is 10.0. The number of ether oxygens (including phenoxy) is 1. The minimum atomic E-state index is -0.872. The SMILES string of the molecule is CC/C=C\c1cc(Oc2c(Cl)cc(-n3nc(C#N)c(=O)[nH]c3=O)cc2Cl)ccc1C. The van der Waals surface area contributed by atoms with Gasteiger partial charge in [0.15, 0.2) is 5.75 Å². The lowest BCUT2D eigenvalue weighted by atomic mass is 10.1. The van der Waals surface area contributed by atoms with Gasteiger partial charge in [-0.2, -0.15) is 9.94 Å². The molecule has 0 unspecified atom stereocenters. The summed E-state index contributed by atoms with van der Waals surface area (Å²) in [5.41, 5.74) is 0.108. The van der Waals surface area contributed by atoms with Gasteiger partial charge in [0, 0.05) is 0 Å². The molecule has 1 N–H and O–H groups in total. The number of aromatic nitrogens is 3. The van der Waals surface area contributed by atoms with Gasteiger partial charge in [0.2, 0.25) is 5.69 Å². The van der Waals surface area contributed by atoms with Crippen molar-refractivity contribution in [2.24, 2.45) is 0 Å². The number of aromatic amines is 1. The summed E-state index contributed by atoms with van der Waals surface area (Å²) >= 11 is 12.7. The fourth-order valence-corrected chi connectivity index (χ4v) is 3.19. The highest BCUT2D eigenvalue weighted by molar-refractivity contribution is 6.37. The number of allylic oxidation sites excluding steroid dienone is 1. The summed E-state index contributed by atoms with van der Waals surface area (Å²) < 4.78 is 6.72. The number of rotatable bonds is 5. The Kier molecular flexibility index (Phi) is 6.40. The van der Waals surface area contributed by atoms with Gasteiger partial charge in [0.1, 0.15) is 11.8 Å². The zero-order valence-electron chi connectivity index (χ0n) is 16.1. The third-order valence-corrected chi connectivity index (χ3v) is 4.73. The lowest BCUT2D eigenvalue weighted by Crippen LogP contribution is -2.33. The van der Waals surface area contributed by atoms with E-state index in [1.165, 1.54) is 12.1 Å². The molecule has 152 valence electrons. The van der Waals surface area contributed by atoms with Crippen molar-refractivity contribution >= 4 is 29.3 Å². The van der Waals surface area contributed by atoms with Crippen LogP contribution in [0.3, 0.4) is 0 Å². The maximum absolute atomic E-state index is 12.1. The van der Waals surface area contributed by atoms with Gasteiger partial charge in [-0.25, -0.2) is 4.79 Å². The standard InChI is InChI=1S/C21H16Cl2N4O3/c1-3-4-5-13-8-15(7-6-12(13)2)30-19-16(22)9-14(10-17(19)23)27-21(29)25-20(28)18(11-24)26-27/h4-10H,3H2,1-2H3,(H,25,28,29)/b5-4-. The second-order valence-corrected chi connectivity index (χ2v) is 7.12. The van der Waals surface area contributed by atoms with E-state index in [4.69, 9.17) is 33.2 Å². The number of hydrogen-bond acceptors (Lipinski definition) is 5. The van der Waals surface area contributed by atoms with E-state index in [1.807, 2.05) is 36.2 Å². The molecule has 9 heteroatoms. The number of aryl methyl sites for hydroxylation is 1. The molecule has 0 saturated carbocycles. The number of benzene rings is 2. The van der Waals surface area contributed by atoms with Crippen LogP contribution in [0.5, 0.6) is 11.5 Å². The molecule has 0 aliphatic heterocycles. The van der Waals surface area contributed by atoms with Crippen LogP contribution >= 0.6 is 23.2 Å². The third kappa shape index (κ3) is 4.46. The molecule has 7 nitrogen and oxygen atoms in total. The van der Waals surface area contributed by atoms with E-state index >= 15 is 0 Å². The highest BCUT2D eigenvalue weighted by atomic mass is 35.5. The van der Waals surface area contributed by atoms with Crippen LogP contribution < -0.4 is 16.0 Å². The second kappa shape index (κ2) is 8.99. The first kappa shape index (κ1) is 21.4. The Bertz CT molecular complexity index is 1280. The predicted octanol–water partition coefficient (Wildman–Crippen LogP) is 4.62. The molecule has 1 heterocycles. The third-order valence-electron chi connectivity index (χ3n) is 4.17. The molecule has 0 atom stereocenters. The minimum absolute atomic E-state index is 0.127. The van der Waals surface area contributed by atoms with Gasteiger partial charge >= 0.3 is 5.69 Å². The van der Waals surface area contributed by atoms with Gasteiger partial charge in [-0.05, 0) is 48.7 Å². The maximum atomic E-state index is 12.1. The topological polar surface area (TPSA) is 101 Å². The number of nitrogens with zero attached hydrogens (tertiary/aromatic N) is 3. The number of nitriles is 1. The van der Waals surface area contributed by atoms with Gasteiger partial charge in [-0.3, -0.25) is 9.78 Å². The van der Waals surface area contributed by atoms with E-state index < -0.39 is 16.9 Å². The molecule has 2 aromatic carbocycles. The largest absolute Gasteiger partial charge is 0.454 e. The summed E-state index contributed by atoms with van der Waals surface area (Å²) in [5, 5.41) is 13.0. The Morgan fingerprint density at radius 3 is 2.57 bits per heavy atom. The highest BCUT2D eigenvalue weighted by Crippen LogP contribution is 2.38. The van der Waals surface area contributed by atoms with Gasteiger partial charge in [0.05, 0.1) is 15.7 Å². The van der Waals surface area contributed by atoms with E-state index in [-0.39, 0.29) is 21.5 Å². The first-order valence-electron chi connectivity index (χ1n) is 8.92. The molecule has 0 fully saturated rings. The van der Waals surface area contributed by atoms with E-state index in [0.29, 0.717) is 5.75 Å². The van der Waals surface area contributed by atoms with E-state index in [1.54, 1.807) is 12.1 Å². The van der Waals surface area contributed by atoms with Gasteiger partial charge in [0.25, 0.3) is 5.56 Å². The Morgan fingerprint density at radius 1 is 1.23 bits per heavy atom. The molecule has 0 bridgehead atoms. The fraction of sp³-hybridized carbons (Fsp3) is 0.143. The van der Waals surface area contributed by atoms with Gasteiger partial charge in [-0.1, -0.05) is 48.3 Å². The first-order chi connectivity index (χ1) is 14.3. The lowest BCUT2D eigenvalue weighted by molar-refractivity contribution is 0.482. The van der Waals surface area contributed by atoms with E-state index in [2.05, 4.69) is 12.0 Å². The second-order valence-electron chi connectivity index (χ2n) is 6.30. The molecule has 0 amide bonds. The summed E-state index contributed by atoms with van der Waals surface area (Å²) in [6.45, 7) is 4.05. The molecule has 0 aliphatic rings. The summed E-state index contributed by atoms with van der Waals surface area (Å²) in [6.07, 6.45) is 4.97.